The van der Waals surface area contributed by atoms with Gasteiger partial charge in [0.05, 0.1) is 10.6 Å². The number of nitrogens with zero attached hydrogens (tertiary/aromatic N) is 2. The van der Waals surface area contributed by atoms with E-state index in [1.165, 1.54) is 11.8 Å². The van der Waals surface area contributed by atoms with Gasteiger partial charge in [-0.2, -0.15) is 0 Å². The van der Waals surface area contributed by atoms with Crippen LogP contribution >= 0.6 is 24.0 Å². The standard InChI is InChI=1S/C22H22N2OS2/c1-3-23(4-2)18-13-15-19(16-14-18)24-21(25)20(27-22(24)26)12-8-11-17-9-6-5-7-10-17/h5-16H,3-4H2,1-2H3/b11-8-,20-12-. The van der Waals surface area contributed by atoms with Crippen LogP contribution in [0.15, 0.2) is 71.7 Å². The largest absolute Gasteiger partial charge is 0.372 e. The van der Waals surface area contributed by atoms with Crippen LogP contribution in [0.1, 0.15) is 19.4 Å². The van der Waals surface area contributed by atoms with E-state index in [1.54, 1.807) is 4.90 Å². The van der Waals surface area contributed by atoms with Gasteiger partial charge in [-0.1, -0.05) is 66.5 Å². The van der Waals surface area contributed by atoms with E-state index in [0.29, 0.717) is 9.23 Å². The van der Waals surface area contributed by atoms with E-state index in [0.717, 1.165) is 30.0 Å². The Morgan fingerprint density at radius 3 is 2.33 bits per heavy atom. The second-order valence-corrected chi connectivity index (χ2v) is 7.67. The van der Waals surface area contributed by atoms with Crippen molar-refractivity contribution in [1.29, 1.82) is 0 Å². The first-order chi connectivity index (χ1) is 13.1. The third-order valence-electron chi connectivity index (χ3n) is 4.37. The molecule has 3 nitrogen and oxygen atoms in total. The first-order valence-electron chi connectivity index (χ1n) is 8.98. The quantitative estimate of drug-likeness (QED) is 0.477. The van der Waals surface area contributed by atoms with Gasteiger partial charge in [-0.25, -0.2) is 0 Å². The lowest BCUT2D eigenvalue weighted by atomic mass is 10.2. The predicted octanol–water partition coefficient (Wildman–Crippen LogP) is 5.49. The van der Waals surface area contributed by atoms with Crippen LogP contribution in [0.5, 0.6) is 0 Å². The Morgan fingerprint density at radius 2 is 1.70 bits per heavy atom. The number of hydrogen-bond acceptors (Lipinski definition) is 4. The van der Waals surface area contributed by atoms with Gasteiger partial charge < -0.3 is 4.90 Å². The SMILES string of the molecule is CCN(CC)c1ccc(N2C(=O)/C(=C/C=C\c3ccccc3)SC2=S)cc1. The Hall–Kier alpha value is -2.37. The fourth-order valence-electron chi connectivity index (χ4n) is 2.92. The molecule has 0 N–H and O–H groups in total. The molecule has 3 rings (SSSR count). The van der Waals surface area contributed by atoms with Crippen molar-refractivity contribution in [2.24, 2.45) is 0 Å². The number of carbonyl (C=O) groups is 1. The van der Waals surface area contributed by atoms with Gasteiger partial charge in [-0.15, -0.1) is 0 Å². The molecule has 138 valence electrons. The van der Waals surface area contributed by atoms with Gasteiger partial charge in [-0.3, -0.25) is 9.69 Å². The summed E-state index contributed by atoms with van der Waals surface area (Å²) < 4.78 is 0.565. The number of anilines is 2. The molecular formula is C22H22N2OS2. The lowest BCUT2D eigenvalue weighted by molar-refractivity contribution is -0.113. The van der Waals surface area contributed by atoms with Gasteiger partial charge in [0.2, 0.25) is 0 Å². The number of rotatable bonds is 6. The maximum Gasteiger partial charge on any atom is 0.270 e. The number of thiocarbonyl (C=S) groups is 1. The van der Waals surface area contributed by atoms with Crippen molar-refractivity contribution in [1.82, 2.24) is 0 Å². The van der Waals surface area contributed by atoms with Gasteiger partial charge in [0.15, 0.2) is 4.32 Å². The van der Waals surface area contributed by atoms with E-state index < -0.39 is 0 Å². The molecule has 27 heavy (non-hydrogen) atoms. The molecule has 0 aromatic heterocycles. The molecule has 0 unspecified atom stereocenters. The average Bonchev–Trinajstić information content (AvgIpc) is 2.98. The Morgan fingerprint density at radius 1 is 1.04 bits per heavy atom. The van der Waals surface area contributed by atoms with E-state index in [-0.39, 0.29) is 5.91 Å². The Bertz CT molecular complexity index is 869. The van der Waals surface area contributed by atoms with Crippen LogP contribution in [0.25, 0.3) is 6.08 Å². The van der Waals surface area contributed by atoms with E-state index in [1.807, 2.05) is 72.8 Å². The molecule has 5 heteroatoms. The van der Waals surface area contributed by atoms with Crippen molar-refractivity contribution < 1.29 is 4.79 Å². The molecule has 0 bridgehead atoms. The lowest BCUT2D eigenvalue weighted by Crippen LogP contribution is -2.27. The monoisotopic (exact) mass is 394 g/mol. The summed E-state index contributed by atoms with van der Waals surface area (Å²) in [7, 11) is 0. The number of allylic oxidation sites excluding steroid dienone is 2. The second-order valence-electron chi connectivity index (χ2n) is 6.00. The predicted molar refractivity (Wildman–Crippen MR) is 121 cm³/mol. The molecule has 1 aliphatic heterocycles. The highest BCUT2D eigenvalue weighted by molar-refractivity contribution is 8.27. The number of thioether (sulfide) groups is 1. The highest BCUT2D eigenvalue weighted by Crippen LogP contribution is 2.35. The lowest BCUT2D eigenvalue weighted by Gasteiger charge is -2.22. The van der Waals surface area contributed by atoms with Crippen LogP contribution in [0, 0.1) is 0 Å². The van der Waals surface area contributed by atoms with Crippen molar-refractivity contribution in [2.75, 3.05) is 22.9 Å². The molecule has 2 aromatic rings. The Balaban J connectivity index is 1.76. The normalized spacial score (nSPS) is 15.9. The van der Waals surface area contributed by atoms with E-state index in [4.69, 9.17) is 12.2 Å². The summed E-state index contributed by atoms with van der Waals surface area (Å²) in [5, 5.41) is 0. The maximum absolute atomic E-state index is 12.8. The van der Waals surface area contributed by atoms with Crippen molar-refractivity contribution in [3.05, 3.63) is 77.2 Å². The molecule has 1 saturated heterocycles. The molecule has 2 aromatic carbocycles. The summed E-state index contributed by atoms with van der Waals surface area (Å²) in [5.41, 5.74) is 3.05. The zero-order valence-corrected chi connectivity index (χ0v) is 17.1. The van der Waals surface area contributed by atoms with E-state index in [2.05, 4.69) is 18.7 Å². The number of benzene rings is 2. The fraction of sp³-hybridized carbons (Fsp3) is 0.182. The molecule has 1 amide bonds. The highest BCUT2D eigenvalue weighted by Gasteiger charge is 2.32. The third-order valence-corrected chi connectivity index (χ3v) is 5.69. The maximum atomic E-state index is 12.8. The molecule has 1 heterocycles. The van der Waals surface area contributed by atoms with Crippen molar-refractivity contribution in [3.63, 3.8) is 0 Å². The summed E-state index contributed by atoms with van der Waals surface area (Å²) >= 11 is 6.78. The summed E-state index contributed by atoms with van der Waals surface area (Å²) in [6.07, 6.45) is 5.70. The van der Waals surface area contributed by atoms with Crippen molar-refractivity contribution in [3.8, 4) is 0 Å². The van der Waals surface area contributed by atoms with Crippen molar-refractivity contribution in [2.45, 2.75) is 13.8 Å². The van der Waals surface area contributed by atoms with Crippen LogP contribution in [0.2, 0.25) is 0 Å². The van der Waals surface area contributed by atoms with Crippen LogP contribution in [0.3, 0.4) is 0 Å². The molecule has 1 fully saturated rings. The molecule has 0 atom stereocenters. The highest BCUT2D eigenvalue weighted by atomic mass is 32.2. The van der Waals surface area contributed by atoms with Crippen LogP contribution in [-0.4, -0.2) is 23.3 Å². The first kappa shape index (κ1) is 19.4. The smallest absolute Gasteiger partial charge is 0.270 e. The van der Waals surface area contributed by atoms with Gasteiger partial charge in [0, 0.05) is 18.8 Å². The van der Waals surface area contributed by atoms with Crippen LogP contribution < -0.4 is 9.80 Å². The van der Waals surface area contributed by atoms with Gasteiger partial charge in [0.25, 0.3) is 5.91 Å². The number of carbonyl (C=O) groups excluding carboxylic acids is 1. The van der Waals surface area contributed by atoms with Crippen LogP contribution in [-0.2, 0) is 4.79 Å². The zero-order chi connectivity index (χ0) is 19.2. The summed E-state index contributed by atoms with van der Waals surface area (Å²) in [5.74, 6) is -0.0710. The molecule has 1 aliphatic rings. The fourth-order valence-corrected chi connectivity index (χ4v) is 4.17. The third kappa shape index (κ3) is 4.49. The zero-order valence-electron chi connectivity index (χ0n) is 15.5. The average molecular weight is 395 g/mol. The summed E-state index contributed by atoms with van der Waals surface area (Å²) in [4.78, 5) is 17.3. The Labute approximate surface area is 170 Å². The number of amides is 1. The molecule has 0 spiro atoms. The van der Waals surface area contributed by atoms with Gasteiger partial charge >= 0.3 is 0 Å². The van der Waals surface area contributed by atoms with E-state index in [9.17, 15) is 4.79 Å². The molecule has 0 saturated carbocycles. The van der Waals surface area contributed by atoms with E-state index >= 15 is 0 Å². The van der Waals surface area contributed by atoms with Crippen molar-refractivity contribution >= 4 is 51.7 Å². The topological polar surface area (TPSA) is 23.6 Å². The molecule has 0 aliphatic carbocycles. The van der Waals surface area contributed by atoms with Gasteiger partial charge in [-0.05, 0) is 49.8 Å². The minimum atomic E-state index is -0.0710. The number of hydrogen-bond donors (Lipinski definition) is 0. The van der Waals surface area contributed by atoms with Gasteiger partial charge in [0.1, 0.15) is 0 Å². The minimum Gasteiger partial charge on any atom is -0.372 e. The summed E-state index contributed by atoms with van der Waals surface area (Å²) in [6, 6.07) is 18.0. The first-order valence-corrected chi connectivity index (χ1v) is 10.2. The Kier molecular flexibility index (Phi) is 6.48. The molecule has 0 radical (unpaired) electrons. The van der Waals surface area contributed by atoms with Crippen LogP contribution in [0.4, 0.5) is 11.4 Å². The minimum absolute atomic E-state index is 0.0710. The summed E-state index contributed by atoms with van der Waals surface area (Å²) in [6.45, 7) is 6.17. The molecular weight excluding hydrogens is 372 g/mol. The second kappa shape index (κ2) is 9.02.